The molecule has 1 aromatic heterocycles. The minimum absolute atomic E-state index is 0.00257. The Hall–Kier alpha value is -2.70. The molecule has 3 rings (SSSR count). The zero-order valence-corrected chi connectivity index (χ0v) is 18.8. The molecule has 170 valence electrons. The third kappa shape index (κ3) is 5.19. The number of aromatic nitrogens is 2. The van der Waals surface area contributed by atoms with Crippen LogP contribution in [0.2, 0.25) is 0 Å². The van der Waals surface area contributed by atoms with E-state index in [4.69, 9.17) is 0 Å². The zero-order chi connectivity index (χ0) is 23.7. The van der Waals surface area contributed by atoms with Crippen LogP contribution in [-0.2, 0) is 21.0 Å². The third-order valence-electron chi connectivity index (χ3n) is 4.36. The number of nitrogens with one attached hydrogen (secondary N) is 1. The van der Waals surface area contributed by atoms with Crippen molar-refractivity contribution in [3.05, 3.63) is 54.4 Å². The molecule has 0 unspecified atom stereocenters. The maximum atomic E-state index is 13.2. The number of anilines is 1. The van der Waals surface area contributed by atoms with Gasteiger partial charge in [-0.05, 0) is 31.2 Å². The smallest absolute Gasteiger partial charge is 0.325 e. The molecule has 1 heterocycles. The van der Waals surface area contributed by atoms with Gasteiger partial charge in [0.1, 0.15) is 5.03 Å². The summed E-state index contributed by atoms with van der Waals surface area (Å²) in [5.41, 5.74) is 0.362. The Morgan fingerprint density at radius 3 is 2.44 bits per heavy atom. The van der Waals surface area contributed by atoms with Crippen LogP contribution in [0, 0.1) is 0 Å². The second kappa shape index (κ2) is 9.04. The fraction of sp³-hybridized carbons (Fsp3) is 0.250. The van der Waals surface area contributed by atoms with Crippen LogP contribution in [-0.4, -0.2) is 47.9 Å². The van der Waals surface area contributed by atoms with Crippen LogP contribution in [0.5, 0.6) is 0 Å². The first-order valence-corrected chi connectivity index (χ1v) is 11.6. The quantitative estimate of drug-likeness (QED) is 0.420. The molecule has 7 nitrogen and oxygen atoms in total. The van der Waals surface area contributed by atoms with Gasteiger partial charge in [0.2, 0.25) is 21.8 Å². The van der Waals surface area contributed by atoms with Crippen LogP contribution >= 0.6 is 11.8 Å². The number of hydrogen-bond donors (Lipinski definition) is 1. The van der Waals surface area contributed by atoms with Gasteiger partial charge in [0, 0.05) is 25.2 Å². The van der Waals surface area contributed by atoms with E-state index < -0.39 is 33.2 Å². The molecular weight excluding hydrogens is 465 g/mol. The summed E-state index contributed by atoms with van der Waals surface area (Å²) < 4.78 is 65.2. The van der Waals surface area contributed by atoms with Crippen LogP contribution in [0.3, 0.4) is 0 Å². The number of fused-ring (bicyclic) bond motifs is 1. The van der Waals surface area contributed by atoms with E-state index in [0.29, 0.717) is 5.39 Å². The molecule has 0 spiro atoms. The number of alkyl halides is 3. The molecule has 1 N–H and O–H groups in total. The van der Waals surface area contributed by atoms with Crippen LogP contribution in [0.15, 0.2) is 58.5 Å². The molecular formula is C20H19F3N4O3S2. The lowest BCUT2D eigenvalue weighted by Crippen LogP contribution is -2.24. The normalized spacial score (nSPS) is 13.3. The second-order valence-electron chi connectivity index (χ2n) is 6.93. The Morgan fingerprint density at radius 1 is 1.09 bits per heavy atom. The van der Waals surface area contributed by atoms with Gasteiger partial charge in [0.25, 0.3) is 0 Å². The summed E-state index contributed by atoms with van der Waals surface area (Å²) in [5, 5.41) is 2.18. The maximum absolute atomic E-state index is 13.2. The third-order valence-corrected chi connectivity index (χ3v) is 7.27. The van der Waals surface area contributed by atoms with Crippen molar-refractivity contribution in [3.8, 4) is 0 Å². The highest BCUT2D eigenvalue weighted by molar-refractivity contribution is 8.00. The lowest BCUT2D eigenvalue weighted by Gasteiger charge is -2.15. The first-order chi connectivity index (χ1) is 14.9. The Balaban J connectivity index is 1.85. The van der Waals surface area contributed by atoms with Crippen molar-refractivity contribution in [1.82, 2.24) is 14.3 Å². The van der Waals surface area contributed by atoms with Gasteiger partial charge < -0.3 is 5.32 Å². The van der Waals surface area contributed by atoms with Crippen LogP contribution in [0.1, 0.15) is 12.7 Å². The Kier molecular flexibility index (Phi) is 6.77. The molecule has 0 radical (unpaired) electrons. The fourth-order valence-corrected chi connectivity index (χ4v) is 4.56. The number of halogens is 3. The molecule has 32 heavy (non-hydrogen) atoms. The van der Waals surface area contributed by atoms with E-state index in [1.54, 1.807) is 18.2 Å². The van der Waals surface area contributed by atoms with Crippen molar-refractivity contribution in [1.29, 1.82) is 0 Å². The molecule has 0 aliphatic rings. The topological polar surface area (TPSA) is 92.3 Å². The van der Waals surface area contributed by atoms with E-state index in [-0.39, 0.29) is 21.1 Å². The fourth-order valence-electron chi connectivity index (χ4n) is 2.67. The SMILES string of the molecule is C[C@H](Sc1nc(C(F)(F)F)nc2ccccc12)C(=O)Nc1cccc(S(=O)(=O)N(C)C)c1. The molecule has 3 aromatic rings. The van der Waals surface area contributed by atoms with Crippen molar-refractivity contribution in [2.75, 3.05) is 19.4 Å². The van der Waals surface area contributed by atoms with Crippen molar-refractivity contribution in [3.63, 3.8) is 0 Å². The second-order valence-corrected chi connectivity index (χ2v) is 10.4. The number of hydrogen-bond acceptors (Lipinski definition) is 6. The minimum Gasteiger partial charge on any atom is -0.325 e. The summed E-state index contributed by atoms with van der Waals surface area (Å²) in [6.45, 7) is 1.52. The van der Waals surface area contributed by atoms with Gasteiger partial charge in [0.05, 0.1) is 15.7 Å². The number of thioether (sulfide) groups is 1. The van der Waals surface area contributed by atoms with Crippen LogP contribution in [0.25, 0.3) is 10.9 Å². The Morgan fingerprint density at radius 2 is 1.78 bits per heavy atom. The van der Waals surface area contributed by atoms with Gasteiger partial charge in [-0.25, -0.2) is 22.7 Å². The van der Waals surface area contributed by atoms with E-state index in [9.17, 15) is 26.4 Å². The average Bonchev–Trinajstić information content (AvgIpc) is 2.73. The molecule has 1 amide bonds. The first-order valence-electron chi connectivity index (χ1n) is 9.23. The van der Waals surface area contributed by atoms with E-state index in [0.717, 1.165) is 16.1 Å². The Bertz CT molecular complexity index is 1260. The summed E-state index contributed by atoms with van der Waals surface area (Å²) in [7, 11) is -0.915. The lowest BCUT2D eigenvalue weighted by atomic mass is 10.2. The van der Waals surface area contributed by atoms with Crippen molar-refractivity contribution >= 4 is 44.3 Å². The molecule has 0 aliphatic heterocycles. The first kappa shape index (κ1) is 24.0. The highest BCUT2D eigenvalue weighted by Crippen LogP contribution is 2.34. The molecule has 1 atom stereocenters. The van der Waals surface area contributed by atoms with E-state index in [2.05, 4.69) is 15.3 Å². The number of benzene rings is 2. The number of rotatable bonds is 6. The minimum atomic E-state index is -4.73. The van der Waals surface area contributed by atoms with Gasteiger partial charge in [-0.2, -0.15) is 13.2 Å². The standard InChI is InChI=1S/C20H19F3N4O3S2/c1-12(17(28)24-13-7-6-8-14(11-13)32(29,30)27(2)3)31-18-15-9-4-5-10-16(15)25-19(26-18)20(21,22)23/h4-12H,1-3H3,(H,24,28)/t12-/m0/s1. The lowest BCUT2D eigenvalue weighted by molar-refractivity contribution is -0.145. The number of carbonyl (C=O) groups is 1. The molecule has 0 saturated carbocycles. The molecule has 0 bridgehead atoms. The summed E-state index contributed by atoms with van der Waals surface area (Å²) in [6.07, 6.45) is -4.73. The van der Waals surface area contributed by atoms with Gasteiger partial charge in [-0.15, -0.1) is 0 Å². The predicted octanol–water partition coefficient (Wildman–Crippen LogP) is 4.02. The molecule has 2 aromatic carbocycles. The van der Waals surface area contributed by atoms with Crippen LogP contribution in [0.4, 0.5) is 18.9 Å². The molecule has 0 aliphatic carbocycles. The van der Waals surface area contributed by atoms with E-state index in [1.165, 1.54) is 51.4 Å². The molecule has 0 fully saturated rings. The largest absolute Gasteiger partial charge is 0.451 e. The number of para-hydroxylation sites is 1. The molecule has 0 saturated heterocycles. The van der Waals surface area contributed by atoms with E-state index in [1.807, 2.05) is 0 Å². The Labute approximate surface area is 187 Å². The summed E-state index contributed by atoms with van der Waals surface area (Å²) >= 11 is 0.856. The number of sulfonamides is 1. The van der Waals surface area contributed by atoms with Gasteiger partial charge >= 0.3 is 6.18 Å². The summed E-state index contributed by atoms with van der Waals surface area (Å²) in [5.74, 6) is -1.81. The van der Waals surface area contributed by atoms with Gasteiger partial charge in [0.15, 0.2) is 0 Å². The van der Waals surface area contributed by atoms with Crippen molar-refractivity contribution in [2.45, 2.75) is 28.3 Å². The molecule has 12 heteroatoms. The van der Waals surface area contributed by atoms with Crippen molar-refractivity contribution in [2.24, 2.45) is 0 Å². The highest BCUT2D eigenvalue weighted by atomic mass is 32.2. The summed E-state index contributed by atoms with van der Waals surface area (Å²) in [4.78, 5) is 19.9. The maximum Gasteiger partial charge on any atom is 0.451 e. The number of amides is 1. The average molecular weight is 485 g/mol. The predicted molar refractivity (Wildman–Crippen MR) is 116 cm³/mol. The summed E-state index contributed by atoms with van der Waals surface area (Å²) in [6, 6.07) is 11.9. The van der Waals surface area contributed by atoms with E-state index >= 15 is 0 Å². The zero-order valence-electron chi connectivity index (χ0n) is 17.2. The van der Waals surface area contributed by atoms with Gasteiger partial charge in [-0.1, -0.05) is 36.0 Å². The van der Waals surface area contributed by atoms with Gasteiger partial charge in [-0.3, -0.25) is 4.79 Å². The van der Waals surface area contributed by atoms with Crippen LogP contribution < -0.4 is 5.32 Å². The monoisotopic (exact) mass is 484 g/mol. The number of carbonyl (C=O) groups excluding carboxylic acids is 1. The highest BCUT2D eigenvalue weighted by Gasteiger charge is 2.36. The van der Waals surface area contributed by atoms with Crippen molar-refractivity contribution < 1.29 is 26.4 Å². The number of nitrogens with zero attached hydrogens (tertiary/aromatic N) is 3.